The van der Waals surface area contributed by atoms with Gasteiger partial charge in [-0.25, -0.2) is 15.4 Å². The number of nitrogens with zero attached hydrogens (tertiary/aromatic N) is 8. The van der Waals surface area contributed by atoms with E-state index in [-0.39, 0.29) is 49.7 Å². The van der Waals surface area contributed by atoms with E-state index in [4.69, 9.17) is 14.2 Å². The highest BCUT2D eigenvalue weighted by molar-refractivity contribution is 5.95. The van der Waals surface area contributed by atoms with Crippen LogP contribution in [0, 0.1) is 17.3 Å². The van der Waals surface area contributed by atoms with Gasteiger partial charge in [-0.3, -0.25) is 29.0 Å². The third-order valence-corrected chi connectivity index (χ3v) is 11.7. The molecule has 4 amide bonds. The van der Waals surface area contributed by atoms with E-state index in [2.05, 4.69) is 43.9 Å². The molecule has 7 rings (SSSR count). The standard InChI is InChI=1S/C43H54N10O7/c1-8-35(54)51-16-14-27(22-51)40(56)50(7)36(25(3)4)39(55)46-32-18-34-47-38(49-60-34)26-12-13-33-29(17-26)30(37(52(33)9-2)28-20-44-24-45-21-28)19-43(5,6)23-59-42(58)31-11-10-15-53(48-31)41(32)57/h8,12-13,17,20-21,24-25,27,31-32,36,48H,1,9-11,14-16,18-19,22-23H2,2-7H3,(H,46,55)/t27-,31-,32-,36?/m0/s1. The van der Waals surface area contributed by atoms with Gasteiger partial charge in [-0.1, -0.05) is 39.4 Å². The van der Waals surface area contributed by atoms with Crippen molar-refractivity contribution in [3.63, 3.8) is 0 Å². The first-order chi connectivity index (χ1) is 28.7. The average molecular weight is 823 g/mol. The highest BCUT2D eigenvalue weighted by Gasteiger charge is 2.40. The molecule has 0 spiro atoms. The van der Waals surface area contributed by atoms with E-state index in [9.17, 15) is 24.0 Å². The topological polar surface area (TPSA) is 198 Å². The lowest BCUT2D eigenvalue weighted by molar-refractivity contribution is -0.155. The summed E-state index contributed by atoms with van der Waals surface area (Å²) in [6, 6.07) is 2.98. The van der Waals surface area contributed by atoms with Crippen molar-refractivity contribution in [3.05, 3.63) is 61.0 Å². The number of aryl methyl sites for hydroxylation is 1. The van der Waals surface area contributed by atoms with Crippen molar-refractivity contribution in [1.29, 1.82) is 0 Å². The predicted octanol–water partition coefficient (Wildman–Crippen LogP) is 3.33. The minimum Gasteiger partial charge on any atom is -0.464 e. The smallest absolute Gasteiger partial charge is 0.324 e. The maximum atomic E-state index is 14.4. The third-order valence-electron chi connectivity index (χ3n) is 11.7. The number of hydrogen-bond donors (Lipinski definition) is 2. The van der Waals surface area contributed by atoms with Gasteiger partial charge in [0.1, 0.15) is 24.5 Å². The van der Waals surface area contributed by atoms with Crippen LogP contribution in [0.25, 0.3) is 33.5 Å². The molecule has 3 aliphatic rings. The highest BCUT2D eigenvalue weighted by atomic mass is 16.5. The normalized spacial score (nSPS) is 21.4. The van der Waals surface area contributed by atoms with Gasteiger partial charge < -0.3 is 28.9 Å². The van der Waals surface area contributed by atoms with Crippen LogP contribution in [0.4, 0.5) is 0 Å². The second kappa shape index (κ2) is 17.3. The summed E-state index contributed by atoms with van der Waals surface area (Å²) >= 11 is 0. The number of hydrazine groups is 1. The molecule has 17 nitrogen and oxygen atoms in total. The SMILES string of the molecule is C=CC(=O)N1CC[C@H](C(=O)N(C)C(C(=O)N[C@H]2Cc3nc(no3)-c3ccc4c(c3)c(c(-c3cncnc3)n4CC)CC(C)(C)COC(=O)[C@@H]3CCCN(N3)C2=O)C(C)C)C1. The average Bonchev–Trinajstić information content (AvgIpc) is 4.00. The number of hydrogen-bond acceptors (Lipinski definition) is 12. The van der Waals surface area contributed by atoms with Gasteiger partial charge in [0.25, 0.3) is 5.91 Å². The highest BCUT2D eigenvalue weighted by Crippen LogP contribution is 2.39. The Kier molecular flexibility index (Phi) is 12.2. The van der Waals surface area contributed by atoms with Crippen molar-refractivity contribution in [2.24, 2.45) is 17.3 Å². The van der Waals surface area contributed by atoms with Crippen LogP contribution in [0.3, 0.4) is 0 Å². The van der Waals surface area contributed by atoms with E-state index in [1.165, 1.54) is 22.3 Å². The lowest BCUT2D eigenvalue weighted by atomic mass is 9.84. The molecule has 2 saturated heterocycles. The molecule has 4 atom stereocenters. The fourth-order valence-corrected chi connectivity index (χ4v) is 8.75. The molecule has 3 aliphatic heterocycles. The van der Waals surface area contributed by atoms with E-state index in [0.717, 1.165) is 27.7 Å². The van der Waals surface area contributed by atoms with Crippen molar-refractivity contribution in [2.75, 3.05) is 33.3 Å². The molecular formula is C43H54N10O7. The number of aromatic nitrogens is 5. The first kappa shape index (κ1) is 42.2. The molecule has 2 fully saturated rings. The summed E-state index contributed by atoms with van der Waals surface area (Å²) in [5.74, 6) is -2.50. The Labute approximate surface area is 348 Å². The van der Waals surface area contributed by atoms with Crippen LogP contribution >= 0.6 is 0 Å². The Hall–Kier alpha value is -5.97. The van der Waals surface area contributed by atoms with Crippen LogP contribution in [0.15, 0.2) is 54.1 Å². The fraction of sp³-hybridized carbons (Fsp3) is 0.512. The van der Waals surface area contributed by atoms with Crippen LogP contribution in [0.2, 0.25) is 0 Å². The van der Waals surface area contributed by atoms with Crippen LogP contribution < -0.4 is 10.7 Å². The van der Waals surface area contributed by atoms with Gasteiger partial charge >= 0.3 is 5.97 Å². The second-order valence-electron chi connectivity index (χ2n) is 17.1. The molecule has 1 aromatic carbocycles. The third kappa shape index (κ3) is 8.53. The molecule has 0 radical (unpaired) electrons. The predicted molar refractivity (Wildman–Crippen MR) is 220 cm³/mol. The van der Waals surface area contributed by atoms with Crippen molar-refractivity contribution in [3.8, 4) is 22.6 Å². The van der Waals surface area contributed by atoms with Gasteiger partial charge in [0.2, 0.25) is 29.4 Å². The lowest BCUT2D eigenvalue weighted by Crippen LogP contribution is -2.62. The Morgan fingerprint density at radius 1 is 1.12 bits per heavy atom. The summed E-state index contributed by atoms with van der Waals surface area (Å²) < 4.78 is 14.0. The number of carbonyl (C=O) groups is 5. The van der Waals surface area contributed by atoms with Crippen LogP contribution in [0.1, 0.15) is 65.3 Å². The molecule has 1 unspecified atom stereocenters. The largest absolute Gasteiger partial charge is 0.464 e. The zero-order valence-electron chi connectivity index (χ0n) is 35.1. The van der Waals surface area contributed by atoms with Crippen LogP contribution in [0.5, 0.6) is 0 Å². The van der Waals surface area contributed by atoms with Gasteiger partial charge in [-0.15, -0.1) is 0 Å². The summed E-state index contributed by atoms with van der Waals surface area (Å²) in [5.41, 5.74) is 7.07. The number of rotatable bonds is 8. The number of esters is 1. The number of nitrogens with one attached hydrogen (secondary N) is 2. The van der Waals surface area contributed by atoms with Crippen LogP contribution in [-0.2, 0) is 48.1 Å². The molecule has 60 heavy (non-hydrogen) atoms. The molecule has 3 aromatic heterocycles. The zero-order valence-corrected chi connectivity index (χ0v) is 35.1. The second-order valence-corrected chi connectivity index (χ2v) is 17.1. The molecule has 2 N–H and O–H groups in total. The molecule has 6 heterocycles. The minimum atomic E-state index is -1.22. The van der Waals surface area contributed by atoms with Crippen molar-refractivity contribution in [2.45, 2.75) is 91.4 Å². The molecule has 0 aliphatic carbocycles. The van der Waals surface area contributed by atoms with E-state index in [1.807, 2.05) is 45.9 Å². The molecular weight excluding hydrogens is 769 g/mol. The van der Waals surface area contributed by atoms with E-state index in [0.29, 0.717) is 50.2 Å². The van der Waals surface area contributed by atoms with Crippen molar-refractivity contribution in [1.82, 2.24) is 50.2 Å². The van der Waals surface area contributed by atoms with Crippen molar-refractivity contribution >= 4 is 40.5 Å². The number of amides is 4. The summed E-state index contributed by atoms with van der Waals surface area (Å²) in [7, 11) is 1.57. The maximum Gasteiger partial charge on any atom is 0.324 e. The van der Waals surface area contributed by atoms with Gasteiger partial charge in [0.05, 0.1) is 24.6 Å². The molecule has 6 bridgehead atoms. The number of cyclic esters (lactones) is 1. The molecule has 17 heteroatoms. The van der Waals surface area contributed by atoms with Crippen LogP contribution in [-0.4, -0.2) is 120 Å². The minimum absolute atomic E-state index is 0.107. The molecule has 4 aromatic rings. The van der Waals surface area contributed by atoms with Crippen molar-refractivity contribution < 1.29 is 33.2 Å². The van der Waals surface area contributed by atoms with Gasteiger partial charge in [-0.05, 0) is 68.4 Å². The quantitative estimate of drug-likeness (QED) is 0.195. The number of likely N-dealkylation sites (N-methyl/N-ethyl adjacent to an activating group) is 1. The Morgan fingerprint density at radius 2 is 1.88 bits per heavy atom. The summed E-state index contributed by atoms with van der Waals surface area (Å²) in [4.78, 5) is 84.8. The summed E-state index contributed by atoms with van der Waals surface area (Å²) in [5, 5.41) is 9.53. The van der Waals surface area contributed by atoms with E-state index in [1.54, 1.807) is 24.3 Å². The fourth-order valence-electron chi connectivity index (χ4n) is 8.75. The van der Waals surface area contributed by atoms with Gasteiger partial charge in [-0.2, -0.15) is 4.98 Å². The van der Waals surface area contributed by atoms with E-state index < -0.39 is 47.2 Å². The number of fused-ring (bicyclic) bond motifs is 6. The summed E-state index contributed by atoms with van der Waals surface area (Å²) in [6.45, 7) is 15.1. The maximum absolute atomic E-state index is 14.4. The van der Waals surface area contributed by atoms with Gasteiger partial charge in [0.15, 0.2) is 0 Å². The first-order valence-corrected chi connectivity index (χ1v) is 20.7. The first-order valence-electron chi connectivity index (χ1n) is 20.7. The Morgan fingerprint density at radius 3 is 2.60 bits per heavy atom. The number of carbonyl (C=O) groups excluding carboxylic acids is 5. The van der Waals surface area contributed by atoms with E-state index >= 15 is 0 Å². The molecule has 318 valence electrons. The Bertz CT molecular complexity index is 2280. The Balaban J connectivity index is 1.24. The number of ether oxygens (including phenoxy) is 1. The lowest BCUT2D eigenvalue weighted by Gasteiger charge is -2.36. The monoisotopic (exact) mass is 822 g/mol. The van der Waals surface area contributed by atoms with Gasteiger partial charge in [0, 0.05) is 73.1 Å². The molecule has 0 saturated carbocycles. The number of likely N-dealkylation sites (tertiary alicyclic amines) is 1. The summed E-state index contributed by atoms with van der Waals surface area (Å²) in [6.07, 6.45) is 8.10. The number of benzene rings is 1. The zero-order chi connectivity index (χ0) is 42.9.